The third-order valence-electron chi connectivity index (χ3n) is 3.90. The van der Waals surface area contributed by atoms with Crippen LogP contribution in [0.3, 0.4) is 0 Å². The van der Waals surface area contributed by atoms with E-state index in [0.29, 0.717) is 6.04 Å². The number of rotatable bonds is 4. The Hall–Kier alpha value is -0.860. The first-order valence-electron chi connectivity index (χ1n) is 6.42. The molecule has 1 aromatic rings. The Kier molecular flexibility index (Phi) is 2.70. The lowest BCUT2D eigenvalue weighted by Crippen LogP contribution is -2.21. The Morgan fingerprint density at radius 2 is 1.94 bits per heavy atom. The molecule has 1 saturated carbocycles. The molecule has 0 aliphatic heterocycles. The van der Waals surface area contributed by atoms with Gasteiger partial charge in [-0.2, -0.15) is 0 Å². The Morgan fingerprint density at radius 3 is 2.69 bits per heavy atom. The van der Waals surface area contributed by atoms with Gasteiger partial charge in [0.2, 0.25) is 0 Å². The molecule has 2 aliphatic carbocycles. The first-order chi connectivity index (χ1) is 7.84. The molecule has 0 radical (unpaired) electrons. The third-order valence-corrected chi connectivity index (χ3v) is 3.90. The number of nitrogens with two attached hydrogens (primary N) is 1. The minimum Gasteiger partial charge on any atom is -0.324 e. The first kappa shape index (κ1) is 10.3. The zero-order valence-electron chi connectivity index (χ0n) is 9.65. The van der Waals surface area contributed by atoms with Crippen molar-refractivity contribution in [2.45, 2.75) is 37.8 Å². The van der Waals surface area contributed by atoms with E-state index >= 15 is 0 Å². The summed E-state index contributed by atoms with van der Waals surface area (Å²) in [6.07, 6.45) is 5.29. The Bertz CT molecular complexity index is 371. The van der Waals surface area contributed by atoms with Gasteiger partial charge in [0.05, 0.1) is 0 Å². The molecule has 3 N–H and O–H groups in total. The second-order valence-electron chi connectivity index (χ2n) is 5.21. The minimum atomic E-state index is 0.231. The highest BCUT2D eigenvalue weighted by Gasteiger charge is 2.28. The summed E-state index contributed by atoms with van der Waals surface area (Å²) >= 11 is 0. The zero-order chi connectivity index (χ0) is 11.0. The monoisotopic (exact) mass is 216 g/mol. The summed E-state index contributed by atoms with van der Waals surface area (Å²) in [6, 6.07) is 9.32. The number of hydrogen-bond acceptors (Lipinski definition) is 2. The fraction of sp³-hybridized carbons (Fsp3) is 0.571. The molecule has 3 rings (SSSR count). The normalized spacial score (nSPS) is 28.1. The number of fused-ring (bicyclic) bond motifs is 1. The van der Waals surface area contributed by atoms with Crippen LogP contribution in [-0.2, 0) is 0 Å². The molecule has 2 atom stereocenters. The Morgan fingerprint density at radius 1 is 1.19 bits per heavy atom. The molecular formula is C14H20N2. The molecule has 0 bridgehead atoms. The second-order valence-corrected chi connectivity index (χ2v) is 5.21. The van der Waals surface area contributed by atoms with Gasteiger partial charge in [-0.1, -0.05) is 37.1 Å². The van der Waals surface area contributed by atoms with Crippen molar-refractivity contribution in [3.05, 3.63) is 35.4 Å². The summed E-state index contributed by atoms with van der Waals surface area (Å²) < 4.78 is 0. The van der Waals surface area contributed by atoms with Gasteiger partial charge < -0.3 is 11.1 Å². The fourth-order valence-electron chi connectivity index (χ4n) is 2.74. The second kappa shape index (κ2) is 4.19. The summed E-state index contributed by atoms with van der Waals surface area (Å²) in [5.41, 5.74) is 8.90. The van der Waals surface area contributed by atoms with Crippen LogP contribution in [-0.4, -0.2) is 6.54 Å². The van der Waals surface area contributed by atoms with Crippen molar-refractivity contribution in [1.82, 2.24) is 5.32 Å². The van der Waals surface area contributed by atoms with Gasteiger partial charge in [-0.05, 0) is 36.4 Å². The summed E-state index contributed by atoms with van der Waals surface area (Å²) in [4.78, 5) is 0. The Balaban J connectivity index is 1.63. The van der Waals surface area contributed by atoms with Crippen molar-refractivity contribution in [2.24, 2.45) is 11.7 Å². The van der Waals surface area contributed by atoms with Gasteiger partial charge in [0.15, 0.2) is 0 Å². The van der Waals surface area contributed by atoms with Gasteiger partial charge >= 0.3 is 0 Å². The third kappa shape index (κ3) is 2.00. The summed E-state index contributed by atoms with van der Waals surface area (Å²) in [5, 5.41) is 3.66. The van der Waals surface area contributed by atoms with E-state index in [-0.39, 0.29) is 6.04 Å². The smallest absolute Gasteiger partial charge is 0.0341 e. The average molecular weight is 216 g/mol. The van der Waals surface area contributed by atoms with Crippen molar-refractivity contribution in [2.75, 3.05) is 6.54 Å². The van der Waals surface area contributed by atoms with E-state index in [9.17, 15) is 0 Å². The molecule has 0 aromatic heterocycles. The highest BCUT2D eigenvalue weighted by molar-refractivity contribution is 5.37. The zero-order valence-corrected chi connectivity index (χ0v) is 9.65. The standard InChI is InChI=1S/C14H20N2/c15-13-9-14(16-8-7-10-5-6-10)12-4-2-1-3-11(12)13/h1-4,10,13-14,16H,5-9,15H2. The van der Waals surface area contributed by atoms with Crippen molar-refractivity contribution >= 4 is 0 Å². The summed E-state index contributed by atoms with van der Waals surface area (Å²) in [7, 11) is 0. The number of hydrogen-bond donors (Lipinski definition) is 2. The maximum Gasteiger partial charge on any atom is 0.0341 e. The minimum absolute atomic E-state index is 0.231. The van der Waals surface area contributed by atoms with Gasteiger partial charge in [-0.25, -0.2) is 0 Å². The van der Waals surface area contributed by atoms with E-state index in [0.717, 1.165) is 18.9 Å². The summed E-state index contributed by atoms with van der Waals surface area (Å²) in [6.45, 7) is 1.15. The largest absolute Gasteiger partial charge is 0.324 e. The SMILES string of the molecule is NC1CC(NCCC2CC2)c2ccccc21. The average Bonchev–Trinajstić information content (AvgIpc) is 3.06. The molecule has 16 heavy (non-hydrogen) atoms. The van der Waals surface area contributed by atoms with E-state index in [1.54, 1.807) is 0 Å². The predicted molar refractivity (Wildman–Crippen MR) is 66.1 cm³/mol. The van der Waals surface area contributed by atoms with E-state index < -0.39 is 0 Å². The lowest BCUT2D eigenvalue weighted by Gasteiger charge is -2.13. The fourth-order valence-corrected chi connectivity index (χ4v) is 2.74. The lowest BCUT2D eigenvalue weighted by molar-refractivity contribution is 0.483. The highest BCUT2D eigenvalue weighted by Crippen LogP contribution is 2.37. The van der Waals surface area contributed by atoms with Crippen LogP contribution in [0.25, 0.3) is 0 Å². The van der Waals surface area contributed by atoms with Crippen molar-refractivity contribution in [3.8, 4) is 0 Å². The number of benzene rings is 1. The molecule has 0 saturated heterocycles. The molecule has 0 heterocycles. The van der Waals surface area contributed by atoms with Crippen LogP contribution in [0.2, 0.25) is 0 Å². The highest BCUT2D eigenvalue weighted by atomic mass is 14.9. The van der Waals surface area contributed by atoms with Gasteiger partial charge in [0, 0.05) is 12.1 Å². The van der Waals surface area contributed by atoms with E-state index in [1.807, 2.05) is 0 Å². The molecule has 2 heteroatoms. The summed E-state index contributed by atoms with van der Waals surface area (Å²) in [5.74, 6) is 1.01. The van der Waals surface area contributed by atoms with E-state index in [1.165, 1.54) is 30.4 Å². The van der Waals surface area contributed by atoms with Gasteiger partial charge in [0.25, 0.3) is 0 Å². The Labute approximate surface area is 97.2 Å². The predicted octanol–water partition coefficient (Wildman–Crippen LogP) is 2.52. The molecule has 2 nitrogen and oxygen atoms in total. The van der Waals surface area contributed by atoms with Crippen LogP contribution >= 0.6 is 0 Å². The molecule has 86 valence electrons. The quantitative estimate of drug-likeness (QED) is 0.811. The van der Waals surface area contributed by atoms with Crippen LogP contribution in [0, 0.1) is 5.92 Å². The van der Waals surface area contributed by atoms with Crippen LogP contribution in [0.5, 0.6) is 0 Å². The van der Waals surface area contributed by atoms with Gasteiger partial charge in [-0.3, -0.25) is 0 Å². The topological polar surface area (TPSA) is 38.0 Å². The molecule has 0 amide bonds. The van der Waals surface area contributed by atoms with Crippen LogP contribution < -0.4 is 11.1 Å². The molecule has 0 spiro atoms. The van der Waals surface area contributed by atoms with Gasteiger partial charge in [-0.15, -0.1) is 0 Å². The molecular weight excluding hydrogens is 196 g/mol. The molecule has 2 unspecified atom stereocenters. The van der Waals surface area contributed by atoms with Crippen molar-refractivity contribution in [3.63, 3.8) is 0 Å². The van der Waals surface area contributed by atoms with Crippen LogP contribution in [0.1, 0.15) is 48.9 Å². The lowest BCUT2D eigenvalue weighted by atomic mass is 10.1. The van der Waals surface area contributed by atoms with E-state index in [2.05, 4.69) is 29.6 Å². The van der Waals surface area contributed by atoms with Crippen LogP contribution in [0.15, 0.2) is 24.3 Å². The molecule has 1 aromatic carbocycles. The van der Waals surface area contributed by atoms with E-state index in [4.69, 9.17) is 5.73 Å². The molecule has 2 aliphatic rings. The maximum atomic E-state index is 6.14. The van der Waals surface area contributed by atoms with Gasteiger partial charge in [0.1, 0.15) is 0 Å². The van der Waals surface area contributed by atoms with Crippen LogP contribution in [0.4, 0.5) is 0 Å². The molecule has 1 fully saturated rings. The van der Waals surface area contributed by atoms with Crippen molar-refractivity contribution in [1.29, 1.82) is 0 Å². The van der Waals surface area contributed by atoms with Crippen molar-refractivity contribution < 1.29 is 0 Å². The maximum absolute atomic E-state index is 6.14. The number of nitrogens with one attached hydrogen (secondary N) is 1. The first-order valence-corrected chi connectivity index (χ1v) is 6.42.